The molecule has 0 radical (unpaired) electrons. The molecule has 3 aromatic rings. The number of likely N-dealkylation sites (N-methyl/N-ethyl adjacent to an activating group) is 1. The van der Waals surface area contributed by atoms with Crippen LogP contribution in [0.25, 0.3) is 11.3 Å². The summed E-state index contributed by atoms with van der Waals surface area (Å²) in [5.41, 5.74) is 3.94. The van der Waals surface area contributed by atoms with Crippen molar-refractivity contribution in [3.63, 3.8) is 0 Å². The first-order valence-electron chi connectivity index (χ1n) is 10.7. The van der Waals surface area contributed by atoms with Crippen molar-refractivity contribution in [1.82, 2.24) is 14.9 Å². The Morgan fingerprint density at radius 1 is 1.27 bits per heavy atom. The standard InChI is InChI=1S/C25H25ClFN5O/c1-3-21(33)13-17-6-4-7-18(12-17)24-22(26)15-28-25(30-24)29-19-8-5-9-20(14-19)32-11-10-31(2)23(27)16-32/h3-9,12,14-15,23H,1,10-11,13,16H2,2H3,(H,28,29,30). The van der Waals surface area contributed by atoms with Gasteiger partial charge in [0, 0.05) is 36.4 Å². The Morgan fingerprint density at radius 2 is 2.09 bits per heavy atom. The lowest BCUT2D eigenvalue weighted by Gasteiger charge is -2.36. The summed E-state index contributed by atoms with van der Waals surface area (Å²) < 4.78 is 14.1. The maximum Gasteiger partial charge on any atom is 0.227 e. The number of allylic oxidation sites excluding steroid dienone is 1. The van der Waals surface area contributed by atoms with E-state index in [1.807, 2.05) is 53.4 Å². The van der Waals surface area contributed by atoms with Crippen molar-refractivity contribution < 1.29 is 9.18 Å². The summed E-state index contributed by atoms with van der Waals surface area (Å²) in [7, 11) is 1.79. The molecule has 1 unspecified atom stereocenters. The maximum atomic E-state index is 14.1. The zero-order valence-electron chi connectivity index (χ0n) is 18.3. The Kier molecular flexibility index (Phi) is 7.01. The van der Waals surface area contributed by atoms with Crippen LogP contribution in [0.2, 0.25) is 5.02 Å². The molecule has 170 valence electrons. The summed E-state index contributed by atoms with van der Waals surface area (Å²) in [6, 6.07) is 15.3. The van der Waals surface area contributed by atoms with Gasteiger partial charge < -0.3 is 10.2 Å². The number of hydrogen-bond acceptors (Lipinski definition) is 6. The Bertz CT molecular complexity index is 1170. The second-order valence-corrected chi connectivity index (χ2v) is 8.38. The van der Waals surface area contributed by atoms with E-state index in [1.165, 1.54) is 6.08 Å². The van der Waals surface area contributed by atoms with Crippen molar-refractivity contribution in [2.45, 2.75) is 12.7 Å². The van der Waals surface area contributed by atoms with E-state index in [-0.39, 0.29) is 12.2 Å². The number of halogens is 2. The van der Waals surface area contributed by atoms with Crippen molar-refractivity contribution in [2.24, 2.45) is 0 Å². The minimum absolute atomic E-state index is 0.0531. The van der Waals surface area contributed by atoms with Gasteiger partial charge in [-0.25, -0.2) is 14.4 Å². The van der Waals surface area contributed by atoms with Gasteiger partial charge in [0.25, 0.3) is 0 Å². The molecule has 8 heteroatoms. The molecular weight excluding hydrogens is 441 g/mol. The lowest BCUT2D eigenvalue weighted by atomic mass is 10.0. The first-order valence-corrected chi connectivity index (χ1v) is 11.0. The first-order chi connectivity index (χ1) is 15.9. The Labute approximate surface area is 197 Å². The molecular formula is C25H25ClFN5O. The Morgan fingerprint density at radius 3 is 2.88 bits per heavy atom. The van der Waals surface area contributed by atoms with Gasteiger partial charge in [0.1, 0.15) is 0 Å². The quantitative estimate of drug-likeness (QED) is 0.396. The maximum absolute atomic E-state index is 14.1. The van der Waals surface area contributed by atoms with Gasteiger partial charge in [0.2, 0.25) is 5.95 Å². The predicted molar refractivity (Wildman–Crippen MR) is 131 cm³/mol. The highest BCUT2D eigenvalue weighted by Crippen LogP contribution is 2.29. The van der Waals surface area contributed by atoms with Gasteiger partial charge in [-0.2, -0.15) is 0 Å². The molecule has 0 bridgehead atoms. The third-order valence-electron chi connectivity index (χ3n) is 5.59. The van der Waals surface area contributed by atoms with Crippen molar-refractivity contribution >= 4 is 34.7 Å². The van der Waals surface area contributed by atoms with Gasteiger partial charge in [-0.15, -0.1) is 0 Å². The normalized spacial score (nSPS) is 16.5. The van der Waals surface area contributed by atoms with Crippen LogP contribution in [0.15, 0.2) is 67.4 Å². The first kappa shape index (κ1) is 22.9. The molecule has 6 nitrogen and oxygen atoms in total. The SMILES string of the molecule is C=CC(=O)Cc1cccc(-c2nc(Nc3cccc(N4CCN(C)C(F)C4)c3)ncc2Cl)c1. The van der Waals surface area contributed by atoms with E-state index in [0.717, 1.165) is 29.0 Å². The lowest BCUT2D eigenvalue weighted by molar-refractivity contribution is -0.114. The highest BCUT2D eigenvalue weighted by molar-refractivity contribution is 6.32. The molecule has 0 aliphatic carbocycles. The minimum Gasteiger partial charge on any atom is -0.366 e. The molecule has 2 aromatic carbocycles. The van der Waals surface area contributed by atoms with Gasteiger partial charge in [-0.1, -0.05) is 42.4 Å². The summed E-state index contributed by atoms with van der Waals surface area (Å²) >= 11 is 6.39. The van der Waals surface area contributed by atoms with Gasteiger partial charge >= 0.3 is 0 Å². The number of benzene rings is 2. The number of nitrogens with one attached hydrogen (secondary N) is 1. The molecule has 4 rings (SSSR count). The zero-order valence-corrected chi connectivity index (χ0v) is 19.1. The van der Waals surface area contributed by atoms with Gasteiger partial charge in [-0.3, -0.25) is 9.69 Å². The van der Waals surface area contributed by atoms with Gasteiger partial charge in [0.15, 0.2) is 12.1 Å². The molecule has 0 amide bonds. The molecule has 1 aliphatic rings. The van der Waals surface area contributed by atoms with E-state index in [1.54, 1.807) is 18.1 Å². The van der Waals surface area contributed by atoms with Crippen molar-refractivity contribution in [1.29, 1.82) is 0 Å². The Hall–Kier alpha value is -3.29. The topological polar surface area (TPSA) is 61.4 Å². The number of carbonyl (C=O) groups excluding carboxylic acids is 1. The fraction of sp³-hybridized carbons (Fsp3) is 0.240. The fourth-order valence-corrected chi connectivity index (χ4v) is 3.91. The largest absolute Gasteiger partial charge is 0.366 e. The second-order valence-electron chi connectivity index (χ2n) is 7.97. The van der Waals surface area contributed by atoms with Crippen molar-refractivity contribution in [3.8, 4) is 11.3 Å². The molecule has 1 aliphatic heterocycles. The van der Waals surface area contributed by atoms with Gasteiger partial charge in [-0.05, 0) is 43.0 Å². The molecule has 1 aromatic heterocycles. The number of piperazine rings is 1. The van der Waals surface area contributed by atoms with E-state index >= 15 is 0 Å². The van der Waals surface area contributed by atoms with E-state index in [9.17, 15) is 9.18 Å². The summed E-state index contributed by atoms with van der Waals surface area (Å²) in [4.78, 5) is 24.4. The number of aromatic nitrogens is 2. The van der Waals surface area contributed by atoms with Crippen molar-refractivity contribution in [3.05, 3.63) is 78.0 Å². The number of ketones is 1. The molecule has 0 spiro atoms. The summed E-state index contributed by atoms with van der Waals surface area (Å²) in [6.45, 7) is 5.27. The average Bonchev–Trinajstić information content (AvgIpc) is 2.82. The highest BCUT2D eigenvalue weighted by Gasteiger charge is 2.24. The summed E-state index contributed by atoms with van der Waals surface area (Å²) in [6.07, 6.45) is 2.14. The predicted octanol–water partition coefficient (Wildman–Crippen LogP) is 4.89. The number of anilines is 3. The Balaban J connectivity index is 1.55. The number of nitrogens with zero attached hydrogens (tertiary/aromatic N) is 4. The smallest absolute Gasteiger partial charge is 0.227 e. The van der Waals surface area contributed by atoms with Crippen LogP contribution in [0, 0.1) is 0 Å². The molecule has 0 saturated carbocycles. The highest BCUT2D eigenvalue weighted by atomic mass is 35.5. The van der Waals surface area contributed by atoms with E-state index in [0.29, 0.717) is 29.8 Å². The molecule has 1 saturated heterocycles. The molecule has 33 heavy (non-hydrogen) atoms. The van der Waals surface area contributed by atoms with E-state index in [2.05, 4.69) is 21.9 Å². The number of alkyl halides is 1. The van der Waals surface area contributed by atoms with Crippen LogP contribution in [-0.2, 0) is 11.2 Å². The molecule has 1 fully saturated rings. The van der Waals surface area contributed by atoms with E-state index in [4.69, 9.17) is 11.6 Å². The van der Waals surface area contributed by atoms with Crippen LogP contribution < -0.4 is 10.2 Å². The third kappa shape index (κ3) is 5.56. The number of rotatable bonds is 7. The monoisotopic (exact) mass is 465 g/mol. The molecule has 2 heterocycles. The molecule has 1 atom stereocenters. The lowest BCUT2D eigenvalue weighted by Crippen LogP contribution is -2.49. The summed E-state index contributed by atoms with van der Waals surface area (Å²) in [5.74, 6) is 0.337. The van der Waals surface area contributed by atoms with Gasteiger partial charge in [0.05, 0.1) is 23.5 Å². The fourth-order valence-electron chi connectivity index (χ4n) is 3.71. The van der Waals surface area contributed by atoms with Crippen LogP contribution in [0.1, 0.15) is 5.56 Å². The van der Waals surface area contributed by atoms with Crippen LogP contribution in [0.4, 0.5) is 21.7 Å². The number of hydrogen-bond donors (Lipinski definition) is 1. The zero-order chi connectivity index (χ0) is 23.4. The number of carbonyl (C=O) groups is 1. The van der Waals surface area contributed by atoms with Crippen LogP contribution in [0.5, 0.6) is 0 Å². The minimum atomic E-state index is -0.991. The second kappa shape index (κ2) is 10.1. The van der Waals surface area contributed by atoms with Crippen LogP contribution >= 0.6 is 11.6 Å². The average molecular weight is 466 g/mol. The van der Waals surface area contributed by atoms with Crippen LogP contribution in [-0.4, -0.2) is 53.6 Å². The third-order valence-corrected chi connectivity index (χ3v) is 5.87. The van der Waals surface area contributed by atoms with E-state index < -0.39 is 6.30 Å². The van der Waals surface area contributed by atoms with Crippen molar-refractivity contribution in [2.75, 3.05) is 36.9 Å². The molecule has 1 N–H and O–H groups in total. The summed E-state index contributed by atoms with van der Waals surface area (Å²) in [5, 5.41) is 3.63. The van der Waals surface area contributed by atoms with Crippen LogP contribution in [0.3, 0.4) is 0 Å².